The summed E-state index contributed by atoms with van der Waals surface area (Å²) >= 11 is 0. The Kier molecular flexibility index (Phi) is 4.63. The summed E-state index contributed by atoms with van der Waals surface area (Å²) in [5, 5.41) is 4.49. The smallest absolute Gasteiger partial charge is 0.193 e. The Bertz CT molecular complexity index is 611. The fraction of sp³-hybridized carbons (Fsp3) is 0.471. The Labute approximate surface area is 131 Å². The van der Waals surface area contributed by atoms with Crippen molar-refractivity contribution in [1.29, 1.82) is 0 Å². The molecule has 1 aromatic heterocycles. The summed E-state index contributed by atoms with van der Waals surface area (Å²) in [5.74, 6) is 2.39. The van der Waals surface area contributed by atoms with E-state index in [-0.39, 0.29) is 0 Å². The van der Waals surface area contributed by atoms with E-state index in [2.05, 4.69) is 34.4 Å². The van der Waals surface area contributed by atoms with Gasteiger partial charge in [-0.3, -0.25) is 4.99 Å². The van der Waals surface area contributed by atoms with Crippen LogP contribution in [-0.4, -0.2) is 44.7 Å². The Balaban J connectivity index is 1.58. The molecule has 1 aliphatic heterocycles. The van der Waals surface area contributed by atoms with Crippen LogP contribution in [0, 0.1) is 5.92 Å². The lowest BCUT2D eigenvalue weighted by molar-refractivity contribution is 0.181. The van der Waals surface area contributed by atoms with E-state index in [9.17, 15) is 0 Å². The zero-order valence-electron chi connectivity index (χ0n) is 13.2. The molecule has 1 aliphatic rings. The van der Waals surface area contributed by atoms with E-state index in [1.54, 1.807) is 0 Å². The molecule has 1 aromatic carbocycles. The Hall–Kier alpha value is -2.01. The van der Waals surface area contributed by atoms with Crippen LogP contribution in [0.3, 0.4) is 0 Å². The number of nitrogens with zero attached hydrogens (tertiary/aromatic N) is 2. The van der Waals surface area contributed by atoms with Crippen LogP contribution < -0.4 is 5.32 Å². The quantitative estimate of drug-likeness (QED) is 0.696. The monoisotopic (exact) mass is 301 g/mol. The predicted octanol–water partition coefficient (Wildman–Crippen LogP) is 2.48. The molecule has 0 saturated carbocycles. The maximum absolute atomic E-state index is 5.82. The lowest BCUT2D eigenvalue weighted by atomic mass is 10.1. The van der Waals surface area contributed by atoms with Crippen LogP contribution in [0.2, 0.25) is 0 Å². The number of aliphatic imine (C=N–C) groups is 1. The first-order valence-electron chi connectivity index (χ1n) is 7.73. The molecule has 0 radical (unpaired) electrons. The fourth-order valence-corrected chi connectivity index (χ4v) is 2.88. The van der Waals surface area contributed by atoms with Crippen LogP contribution in [0.5, 0.6) is 0 Å². The minimum absolute atomic E-state index is 0.592. The van der Waals surface area contributed by atoms with E-state index in [1.165, 1.54) is 0 Å². The van der Waals surface area contributed by atoms with Crippen LogP contribution in [0.1, 0.15) is 12.2 Å². The van der Waals surface area contributed by atoms with E-state index < -0.39 is 0 Å². The standard InChI is InChI=1S/C17H23N3O2/c1-18-17(20(2)11-13-7-8-21-12-13)19-10-15-9-14-5-3-4-6-16(14)22-15/h3-6,9,13H,7-8,10-12H2,1-2H3,(H,18,19). The highest BCUT2D eigenvalue weighted by Crippen LogP contribution is 2.18. The van der Waals surface area contributed by atoms with Crippen molar-refractivity contribution in [2.24, 2.45) is 10.9 Å². The van der Waals surface area contributed by atoms with Gasteiger partial charge in [0, 0.05) is 38.6 Å². The number of hydrogen-bond acceptors (Lipinski definition) is 3. The van der Waals surface area contributed by atoms with Gasteiger partial charge in [-0.2, -0.15) is 0 Å². The minimum Gasteiger partial charge on any atom is -0.459 e. The summed E-state index contributed by atoms with van der Waals surface area (Å²) in [4.78, 5) is 6.50. The zero-order valence-corrected chi connectivity index (χ0v) is 13.2. The van der Waals surface area contributed by atoms with E-state index in [4.69, 9.17) is 9.15 Å². The van der Waals surface area contributed by atoms with Gasteiger partial charge < -0.3 is 19.4 Å². The van der Waals surface area contributed by atoms with Crippen molar-refractivity contribution in [3.8, 4) is 0 Å². The number of para-hydroxylation sites is 1. The summed E-state index contributed by atoms with van der Waals surface area (Å²) in [5.41, 5.74) is 0.922. The van der Waals surface area contributed by atoms with Crippen LogP contribution in [0.4, 0.5) is 0 Å². The normalized spacial score (nSPS) is 18.8. The molecule has 0 spiro atoms. The largest absolute Gasteiger partial charge is 0.459 e. The molecule has 118 valence electrons. The van der Waals surface area contributed by atoms with Crippen LogP contribution >= 0.6 is 0 Å². The van der Waals surface area contributed by atoms with Crippen molar-refractivity contribution in [3.05, 3.63) is 36.1 Å². The third-order valence-corrected chi connectivity index (χ3v) is 4.03. The highest BCUT2D eigenvalue weighted by atomic mass is 16.5. The molecule has 2 aromatic rings. The van der Waals surface area contributed by atoms with E-state index in [1.807, 2.05) is 25.2 Å². The highest BCUT2D eigenvalue weighted by Gasteiger charge is 2.19. The lowest BCUT2D eigenvalue weighted by Crippen LogP contribution is -2.41. The third kappa shape index (κ3) is 3.42. The summed E-state index contributed by atoms with van der Waals surface area (Å²) in [6.45, 7) is 3.32. The number of nitrogens with one attached hydrogen (secondary N) is 1. The number of benzene rings is 1. The van der Waals surface area contributed by atoms with Crippen LogP contribution in [0.25, 0.3) is 11.0 Å². The van der Waals surface area contributed by atoms with Gasteiger partial charge >= 0.3 is 0 Å². The number of guanidine groups is 1. The predicted molar refractivity (Wildman–Crippen MR) is 88.0 cm³/mol. The molecule has 0 bridgehead atoms. The van der Waals surface area contributed by atoms with E-state index in [0.29, 0.717) is 12.5 Å². The minimum atomic E-state index is 0.592. The Morgan fingerprint density at radius 1 is 1.41 bits per heavy atom. The zero-order chi connectivity index (χ0) is 15.4. The molecule has 5 heteroatoms. The molecule has 1 unspecified atom stereocenters. The molecular weight excluding hydrogens is 278 g/mol. The van der Waals surface area contributed by atoms with Crippen molar-refractivity contribution in [1.82, 2.24) is 10.2 Å². The average Bonchev–Trinajstić information content (AvgIpc) is 3.16. The highest BCUT2D eigenvalue weighted by molar-refractivity contribution is 5.80. The summed E-state index contributed by atoms with van der Waals surface area (Å²) in [7, 11) is 3.87. The summed E-state index contributed by atoms with van der Waals surface area (Å²) < 4.78 is 11.3. The average molecular weight is 301 g/mol. The van der Waals surface area contributed by atoms with Crippen molar-refractivity contribution in [2.45, 2.75) is 13.0 Å². The maximum atomic E-state index is 5.82. The maximum Gasteiger partial charge on any atom is 0.193 e. The molecule has 3 rings (SSSR count). The number of hydrogen-bond donors (Lipinski definition) is 1. The van der Waals surface area contributed by atoms with Gasteiger partial charge in [0.05, 0.1) is 13.2 Å². The van der Waals surface area contributed by atoms with Gasteiger partial charge in [-0.1, -0.05) is 18.2 Å². The first kappa shape index (κ1) is 14.9. The van der Waals surface area contributed by atoms with Crippen LogP contribution in [0.15, 0.2) is 39.7 Å². The summed E-state index contributed by atoms with van der Waals surface area (Å²) in [6, 6.07) is 10.1. The molecule has 22 heavy (non-hydrogen) atoms. The SMILES string of the molecule is CN=C(NCc1cc2ccccc2o1)N(C)CC1CCOC1. The van der Waals surface area contributed by atoms with Crippen LogP contribution in [-0.2, 0) is 11.3 Å². The molecule has 1 atom stereocenters. The van der Waals surface area contributed by atoms with Gasteiger partial charge in [0.15, 0.2) is 5.96 Å². The van der Waals surface area contributed by atoms with Gasteiger partial charge in [-0.15, -0.1) is 0 Å². The van der Waals surface area contributed by atoms with Crippen molar-refractivity contribution in [2.75, 3.05) is 33.9 Å². The number of rotatable bonds is 4. The lowest BCUT2D eigenvalue weighted by Gasteiger charge is -2.24. The van der Waals surface area contributed by atoms with E-state index in [0.717, 1.165) is 48.9 Å². The first-order chi connectivity index (χ1) is 10.8. The van der Waals surface area contributed by atoms with Gasteiger partial charge in [0.25, 0.3) is 0 Å². The molecule has 1 fully saturated rings. The topological polar surface area (TPSA) is 50.0 Å². The second-order valence-electron chi connectivity index (χ2n) is 5.76. The van der Waals surface area contributed by atoms with Gasteiger partial charge in [-0.05, 0) is 18.6 Å². The molecule has 1 saturated heterocycles. The number of ether oxygens (including phenoxy) is 1. The van der Waals surface area contributed by atoms with Gasteiger partial charge in [0.2, 0.25) is 0 Å². The molecule has 5 nitrogen and oxygen atoms in total. The van der Waals surface area contributed by atoms with Crippen molar-refractivity contribution >= 4 is 16.9 Å². The first-order valence-corrected chi connectivity index (χ1v) is 7.73. The molecular formula is C17H23N3O2. The second-order valence-corrected chi connectivity index (χ2v) is 5.76. The molecule has 0 aliphatic carbocycles. The van der Waals surface area contributed by atoms with Gasteiger partial charge in [0.1, 0.15) is 11.3 Å². The molecule has 0 amide bonds. The van der Waals surface area contributed by atoms with Crippen molar-refractivity contribution in [3.63, 3.8) is 0 Å². The number of fused-ring (bicyclic) bond motifs is 1. The second kappa shape index (κ2) is 6.83. The number of furan rings is 1. The molecule has 1 N–H and O–H groups in total. The summed E-state index contributed by atoms with van der Waals surface area (Å²) in [6.07, 6.45) is 1.13. The Morgan fingerprint density at radius 2 is 2.27 bits per heavy atom. The van der Waals surface area contributed by atoms with Crippen molar-refractivity contribution < 1.29 is 9.15 Å². The molecule has 2 heterocycles. The third-order valence-electron chi connectivity index (χ3n) is 4.03. The Morgan fingerprint density at radius 3 is 3.00 bits per heavy atom. The van der Waals surface area contributed by atoms with E-state index >= 15 is 0 Å². The fourth-order valence-electron chi connectivity index (χ4n) is 2.88. The van der Waals surface area contributed by atoms with Gasteiger partial charge in [-0.25, -0.2) is 0 Å².